The lowest BCUT2D eigenvalue weighted by Crippen LogP contribution is -2.32. The molecule has 3 aliphatic heterocycles. The van der Waals surface area contributed by atoms with Gasteiger partial charge in [-0.15, -0.1) is 0 Å². The fourth-order valence-electron chi connectivity index (χ4n) is 3.54. The predicted octanol–water partition coefficient (Wildman–Crippen LogP) is 3.39. The summed E-state index contributed by atoms with van der Waals surface area (Å²) in [6.45, 7) is 2.08. The Morgan fingerprint density at radius 2 is 2.19 bits per heavy atom. The highest BCUT2D eigenvalue weighted by Gasteiger charge is 2.51. The third-order valence-electron chi connectivity index (χ3n) is 4.54. The second-order valence-corrected chi connectivity index (χ2v) is 5.63. The van der Waals surface area contributed by atoms with Crippen molar-refractivity contribution >= 4 is 12.4 Å². The topological polar surface area (TPSA) is 34.0 Å². The van der Waals surface area contributed by atoms with Gasteiger partial charge in [0, 0.05) is 29.8 Å². The quantitative estimate of drug-likeness (QED) is 0.712. The Morgan fingerprint density at radius 3 is 3.14 bits per heavy atom. The van der Waals surface area contributed by atoms with Crippen LogP contribution in [0, 0.1) is 6.92 Å². The van der Waals surface area contributed by atoms with E-state index in [1.165, 1.54) is 5.56 Å². The summed E-state index contributed by atoms with van der Waals surface area (Å²) in [6, 6.07) is 6.30. The first-order valence-corrected chi connectivity index (χ1v) is 7.01. The number of rotatable bonds is 0. The molecule has 1 spiro atoms. The fourth-order valence-corrected chi connectivity index (χ4v) is 3.54. The third kappa shape index (κ3) is 1.16. The van der Waals surface area contributed by atoms with Crippen molar-refractivity contribution in [3.63, 3.8) is 0 Å². The van der Waals surface area contributed by atoms with Crippen molar-refractivity contribution in [3.8, 4) is 5.75 Å². The summed E-state index contributed by atoms with van der Waals surface area (Å²) in [4.78, 5) is 8.82. The molecule has 1 unspecified atom stereocenters. The van der Waals surface area contributed by atoms with Crippen LogP contribution in [-0.4, -0.2) is 12.4 Å². The Balaban J connectivity index is 1.92. The summed E-state index contributed by atoms with van der Waals surface area (Å²) in [5, 5.41) is 0. The molecule has 0 fully saturated rings. The molecule has 0 radical (unpaired) electrons. The van der Waals surface area contributed by atoms with Crippen LogP contribution in [0.15, 0.2) is 75.2 Å². The minimum Gasteiger partial charge on any atom is -0.457 e. The number of ether oxygens (including phenoxy) is 1. The van der Waals surface area contributed by atoms with E-state index in [0.717, 1.165) is 33.9 Å². The first-order valence-electron chi connectivity index (χ1n) is 7.01. The number of para-hydroxylation sites is 1. The van der Waals surface area contributed by atoms with Crippen LogP contribution >= 0.6 is 0 Å². The lowest BCUT2D eigenvalue weighted by Gasteiger charge is -2.32. The van der Waals surface area contributed by atoms with E-state index >= 15 is 0 Å². The minimum atomic E-state index is -0.364. The maximum atomic E-state index is 6.29. The number of aryl methyl sites for hydroxylation is 1. The van der Waals surface area contributed by atoms with Crippen molar-refractivity contribution in [3.05, 3.63) is 76.4 Å². The van der Waals surface area contributed by atoms with Crippen LogP contribution in [0.1, 0.15) is 11.1 Å². The molecule has 3 nitrogen and oxygen atoms in total. The zero-order valence-electron chi connectivity index (χ0n) is 11.5. The number of benzene rings is 1. The van der Waals surface area contributed by atoms with Gasteiger partial charge in [0.15, 0.2) is 0 Å². The number of aliphatic imine (C=N–C) groups is 2. The molecule has 0 N–H and O–H groups in total. The molecule has 5 rings (SSSR count). The van der Waals surface area contributed by atoms with Gasteiger partial charge in [-0.2, -0.15) is 0 Å². The smallest absolute Gasteiger partial charge is 0.149 e. The zero-order chi connectivity index (χ0) is 14.0. The van der Waals surface area contributed by atoms with Crippen LogP contribution in [0.25, 0.3) is 0 Å². The van der Waals surface area contributed by atoms with Gasteiger partial charge in [0.05, 0.1) is 0 Å². The van der Waals surface area contributed by atoms with E-state index in [4.69, 9.17) is 4.74 Å². The van der Waals surface area contributed by atoms with Crippen LogP contribution in [0.4, 0.5) is 0 Å². The molecule has 100 valence electrons. The highest BCUT2D eigenvalue weighted by Crippen LogP contribution is 2.56. The number of fused-ring (bicyclic) bond motifs is 2. The summed E-state index contributed by atoms with van der Waals surface area (Å²) in [6.07, 6.45) is 11.9. The van der Waals surface area contributed by atoms with Gasteiger partial charge in [0.25, 0.3) is 0 Å². The molecule has 0 saturated carbocycles. The van der Waals surface area contributed by atoms with Gasteiger partial charge < -0.3 is 4.74 Å². The average molecular weight is 272 g/mol. The second-order valence-electron chi connectivity index (χ2n) is 5.63. The molecule has 1 atom stereocenters. The largest absolute Gasteiger partial charge is 0.457 e. The van der Waals surface area contributed by atoms with E-state index in [0.29, 0.717) is 0 Å². The van der Waals surface area contributed by atoms with E-state index in [-0.39, 0.29) is 5.41 Å². The average Bonchev–Trinajstić information content (AvgIpc) is 3.07. The SMILES string of the molecule is Cc1cccc2c1OC1=C3N=CC=C3C=C3C=NC=CC312. The molecule has 1 aromatic carbocycles. The molecular formula is C18H12N2O. The van der Waals surface area contributed by atoms with Gasteiger partial charge in [0.1, 0.15) is 22.6 Å². The van der Waals surface area contributed by atoms with E-state index in [9.17, 15) is 0 Å². The van der Waals surface area contributed by atoms with Crippen molar-refractivity contribution in [2.45, 2.75) is 12.3 Å². The van der Waals surface area contributed by atoms with Gasteiger partial charge in [0.2, 0.25) is 0 Å². The van der Waals surface area contributed by atoms with Crippen molar-refractivity contribution in [2.75, 3.05) is 0 Å². The summed E-state index contributed by atoms with van der Waals surface area (Å²) >= 11 is 0. The number of hydrogen-bond acceptors (Lipinski definition) is 3. The third-order valence-corrected chi connectivity index (χ3v) is 4.54. The minimum absolute atomic E-state index is 0.364. The van der Waals surface area contributed by atoms with Crippen molar-refractivity contribution < 1.29 is 4.74 Å². The fraction of sp³-hybridized carbons (Fsp3) is 0.111. The Hall–Kier alpha value is -2.68. The highest BCUT2D eigenvalue weighted by atomic mass is 16.5. The summed E-state index contributed by atoms with van der Waals surface area (Å²) < 4.78 is 6.29. The standard InChI is InChI=1S/C18H12N2O/c1-11-3-2-4-14-16(11)21-17-15-12(5-7-20-15)9-13-10-19-8-6-18(13,14)17/h2-10H,1H3. The summed E-state index contributed by atoms with van der Waals surface area (Å²) in [5.74, 6) is 1.86. The Labute approximate surface area is 122 Å². The maximum absolute atomic E-state index is 6.29. The van der Waals surface area contributed by atoms with Gasteiger partial charge in [-0.05, 0) is 36.3 Å². The summed E-state index contributed by atoms with van der Waals surface area (Å²) in [5.41, 5.74) is 5.14. The van der Waals surface area contributed by atoms with E-state index in [1.54, 1.807) is 0 Å². The molecule has 21 heavy (non-hydrogen) atoms. The lowest BCUT2D eigenvalue weighted by molar-refractivity contribution is 0.406. The monoisotopic (exact) mass is 272 g/mol. The van der Waals surface area contributed by atoms with E-state index < -0.39 is 0 Å². The normalized spacial score (nSPS) is 26.7. The zero-order valence-corrected chi connectivity index (χ0v) is 11.5. The molecule has 4 aliphatic rings. The van der Waals surface area contributed by atoms with Gasteiger partial charge in [-0.1, -0.05) is 18.2 Å². The van der Waals surface area contributed by atoms with Crippen LogP contribution in [0.5, 0.6) is 5.75 Å². The van der Waals surface area contributed by atoms with Gasteiger partial charge in [-0.3, -0.25) is 9.98 Å². The van der Waals surface area contributed by atoms with E-state index in [1.807, 2.05) is 24.7 Å². The molecule has 0 aromatic heterocycles. The molecule has 3 heteroatoms. The first-order chi connectivity index (χ1) is 10.3. The highest BCUT2D eigenvalue weighted by molar-refractivity contribution is 5.94. The molecule has 0 bridgehead atoms. The number of hydrogen-bond donors (Lipinski definition) is 0. The van der Waals surface area contributed by atoms with E-state index in [2.05, 4.69) is 47.3 Å². The van der Waals surface area contributed by atoms with Crippen LogP contribution < -0.4 is 4.74 Å². The lowest BCUT2D eigenvalue weighted by atomic mass is 9.69. The Morgan fingerprint density at radius 1 is 1.24 bits per heavy atom. The molecule has 0 saturated heterocycles. The van der Waals surface area contributed by atoms with Crippen LogP contribution in [0.2, 0.25) is 0 Å². The second kappa shape index (κ2) is 3.50. The van der Waals surface area contributed by atoms with Crippen LogP contribution in [0.3, 0.4) is 0 Å². The molecule has 0 amide bonds. The molecule has 1 aromatic rings. The number of nitrogens with zero attached hydrogens (tertiary/aromatic N) is 2. The Kier molecular flexibility index (Phi) is 1.84. The first kappa shape index (κ1) is 11.0. The number of allylic oxidation sites excluding steroid dienone is 3. The predicted molar refractivity (Wildman–Crippen MR) is 82.8 cm³/mol. The molecular weight excluding hydrogens is 260 g/mol. The van der Waals surface area contributed by atoms with Gasteiger partial charge >= 0.3 is 0 Å². The summed E-state index contributed by atoms with van der Waals surface area (Å²) in [7, 11) is 0. The van der Waals surface area contributed by atoms with Crippen molar-refractivity contribution in [2.24, 2.45) is 9.98 Å². The van der Waals surface area contributed by atoms with Crippen LogP contribution in [-0.2, 0) is 5.41 Å². The molecule has 1 aliphatic carbocycles. The maximum Gasteiger partial charge on any atom is 0.149 e. The van der Waals surface area contributed by atoms with Crippen molar-refractivity contribution in [1.29, 1.82) is 0 Å². The van der Waals surface area contributed by atoms with Gasteiger partial charge in [-0.25, -0.2) is 0 Å². The Bertz CT molecular complexity index is 880. The van der Waals surface area contributed by atoms with Crippen molar-refractivity contribution in [1.82, 2.24) is 0 Å². The molecule has 3 heterocycles.